The number of rotatable bonds is 3. The minimum Gasteiger partial charge on any atom is -0.339 e. The lowest BCUT2D eigenvalue weighted by Crippen LogP contribution is -2.15. The van der Waals surface area contributed by atoms with Crippen LogP contribution in [-0.4, -0.2) is 11.9 Å². The Bertz CT molecular complexity index is 408. The Hall–Kier alpha value is -1.28. The van der Waals surface area contributed by atoms with Gasteiger partial charge in [-0.25, -0.2) is 0 Å². The average molecular weight is 237 g/mol. The van der Waals surface area contributed by atoms with Crippen LogP contribution in [0.15, 0.2) is 40.9 Å². The van der Waals surface area contributed by atoms with Crippen LogP contribution in [0, 0.1) is 6.92 Å². The summed E-state index contributed by atoms with van der Waals surface area (Å²) in [4.78, 5) is 4.39. The zero-order valence-electron chi connectivity index (χ0n) is 9.92. The maximum atomic E-state index is 5.90. The van der Waals surface area contributed by atoms with E-state index in [1.165, 1.54) is 0 Å². The second kappa shape index (κ2) is 5.71. The van der Waals surface area contributed by atoms with E-state index in [-0.39, 0.29) is 6.04 Å². The number of nitrogens with one attached hydrogen (secondary N) is 1. The fraction of sp³-hybridized carbons (Fsp3) is 0.308. The molecule has 0 bridgehead atoms. The third-order valence-corrected chi connectivity index (χ3v) is 2.22. The number of hydrogen-bond acceptors (Lipinski definition) is 1. The third kappa shape index (κ3) is 3.70. The van der Waals surface area contributed by atoms with Crippen molar-refractivity contribution >= 4 is 23.1 Å². The Kier molecular flexibility index (Phi) is 4.56. The summed E-state index contributed by atoms with van der Waals surface area (Å²) in [5, 5.41) is 3.62. The van der Waals surface area contributed by atoms with Crippen LogP contribution in [0.2, 0.25) is 0 Å². The molecule has 0 aliphatic heterocycles. The molecule has 0 amide bonds. The average Bonchev–Trinajstić information content (AvgIpc) is 2.19. The van der Waals surface area contributed by atoms with E-state index in [1.807, 2.05) is 45.0 Å². The highest BCUT2D eigenvalue weighted by Crippen LogP contribution is 2.15. The molecule has 0 heterocycles. The molecular formula is C13H17ClN2. The monoisotopic (exact) mass is 236 g/mol. The second-order valence-corrected chi connectivity index (χ2v) is 4.37. The molecule has 1 aromatic carbocycles. The van der Waals surface area contributed by atoms with Crippen molar-refractivity contribution in [3.63, 3.8) is 0 Å². The van der Waals surface area contributed by atoms with Gasteiger partial charge in [0.2, 0.25) is 0 Å². The van der Waals surface area contributed by atoms with E-state index in [0.29, 0.717) is 10.9 Å². The fourth-order valence-electron chi connectivity index (χ4n) is 1.27. The zero-order valence-corrected chi connectivity index (χ0v) is 10.7. The fourth-order valence-corrected chi connectivity index (χ4v) is 1.37. The lowest BCUT2D eigenvalue weighted by Gasteiger charge is -2.12. The van der Waals surface area contributed by atoms with Crippen LogP contribution >= 0.6 is 11.6 Å². The van der Waals surface area contributed by atoms with Gasteiger partial charge in [-0.2, -0.15) is 0 Å². The number of nitrogens with zero attached hydrogens (tertiary/aromatic N) is 1. The molecule has 0 aliphatic rings. The van der Waals surface area contributed by atoms with Crippen LogP contribution in [0.5, 0.6) is 0 Å². The summed E-state index contributed by atoms with van der Waals surface area (Å²) < 4.78 is 0. The highest BCUT2D eigenvalue weighted by atomic mass is 35.5. The molecular weight excluding hydrogens is 220 g/mol. The van der Waals surface area contributed by atoms with Crippen LogP contribution in [-0.2, 0) is 0 Å². The molecule has 0 aliphatic carbocycles. The van der Waals surface area contributed by atoms with E-state index < -0.39 is 0 Å². The second-order valence-electron chi connectivity index (χ2n) is 3.92. The zero-order chi connectivity index (χ0) is 12.1. The lowest BCUT2D eigenvalue weighted by atomic mass is 10.2. The van der Waals surface area contributed by atoms with E-state index in [1.54, 1.807) is 0 Å². The number of hydrogen-bond donors (Lipinski definition) is 1. The van der Waals surface area contributed by atoms with E-state index in [0.717, 1.165) is 11.3 Å². The van der Waals surface area contributed by atoms with Gasteiger partial charge in [0.05, 0.1) is 5.03 Å². The van der Waals surface area contributed by atoms with Crippen molar-refractivity contribution in [2.45, 2.75) is 26.8 Å². The Morgan fingerprint density at radius 3 is 2.50 bits per heavy atom. The minimum atomic E-state index is 0.182. The van der Waals surface area contributed by atoms with Gasteiger partial charge in [-0.05, 0) is 32.4 Å². The summed E-state index contributed by atoms with van der Waals surface area (Å²) in [6.07, 6.45) is 0. The standard InChI is InChI=1S/C13H17ClN2/c1-9(2)15-13(11(4)14)16-12-8-6-5-7-10(12)3/h5-9H,4H2,1-3H3,(H,15,16). The van der Waals surface area contributed by atoms with Crippen LogP contribution in [0.1, 0.15) is 19.4 Å². The van der Waals surface area contributed by atoms with Crippen LogP contribution in [0.25, 0.3) is 0 Å². The number of aryl methyl sites for hydroxylation is 1. The van der Waals surface area contributed by atoms with Gasteiger partial charge in [0.15, 0.2) is 0 Å². The highest BCUT2D eigenvalue weighted by molar-refractivity contribution is 6.44. The van der Waals surface area contributed by atoms with E-state index in [9.17, 15) is 0 Å². The summed E-state index contributed by atoms with van der Waals surface area (Å²) in [7, 11) is 0. The quantitative estimate of drug-likeness (QED) is 0.623. The van der Waals surface area contributed by atoms with Gasteiger partial charge < -0.3 is 5.32 Å². The Labute approximate surface area is 102 Å². The van der Waals surface area contributed by atoms with Crippen molar-refractivity contribution in [2.75, 3.05) is 5.32 Å². The van der Waals surface area contributed by atoms with Crippen molar-refractivity contribution in [3.05, 3.63) is 41.4 Å². The molecule has 0 unspecified atom stereocenters. The van der Waals surface area contributed by atoms with Crippen molar-refractivity contribution in [1.82, 2.24) is 0 Å². The maximum Gasteiger partial charge on any atom is 0.144 e. The number of halogens is 1. The van der Waals surface area contributed by atoms with E-state index >= 15 is 0 Å². The van der Waals surface area contributed by atoms with Gasteiger partial charge in [0.25, 0.3) is 0 Å². The largest absolute Gasteiger partial charge is 0.339 e. The first-order chi connectivity index (χ1) is 7.50. The smallest absolute Gasteiger partial charge is 0.144 e. The molecule has 0 spiro atoms. The molecule has 0 radical (unpaired) electrons. The van der Waals surface area contributed by atoms with Crippen molar-refractivity contribution in [1.29, 1.82) is 0 Å². The lowest BCUT2D eigenvalue weighted by molar-refractivity contribution is 0.836. The van der Waals surface area contributed by atoms with Crippen molar-refractivity contribution < 1.29 is 0 Å². The van der Waals surface area contributed by atoms with Gasteiger partial charge >= 0.3 is 0 Å². The van der Waals surface area contributed by atoms with Gasteiger partial charge in [0, 0.05) is 11.7 Å². The van der Waals surface area contributed by atoms with Crippen molar-refractivity contribution in [2.24, 2.45) is 4.99 Å². The molecule has 0 saturated carbocycles. The number of amidine groups is 1. The summed E-state index contributed by atoms with van der Waals surface area (Å²) in [6.45, 7) is 9.74. The number of benzene rings is 1. The van der Waals surface area contributed by atoms with Crippen LogP contribution < -0.4 is 5.32 Å². The number of anilines is 1. The Morgan fingerprint density at radius 1 is 1.38 bits per heavy atom. The van der Waals surface area contributed by atoms with Gasteiger partial charge in [-0.3, -0.25) is 4.99 Å². The predicted octanol–water partition coefficient (Wildman–Crippen LogP) is 3.97. The van der Waals surface area contributed by atoms with Crippen LogP contribution in [0.3, 0.4) is 0 Å². The van der Waals surface area contributed by atoms with Gasteiger partial charge in [-0.15, -0.1) is 0 Å². The van der Waals surface area contributed by atoms with E-state index in [4.69, 9.17) is 11.6 Å². The molecule has 0 atom stereocenters. The molecule has 3 heteroatoms. The Morgan fingerprint density at radius 2 is 2.00 bits per heavy atom. The number of para-hydroxylation sites is 1. The summed E-state index contributed by atoms with van der Waals surface area (Å²) in [5.74, 6) is 0.631. The summed E-state index contributed by atoms with van der Waals surface area (Å²) in [6, 6.07) is 8.17. The molecule has 0 fully saturated rings. The first kappa shape index (κ1) is 12.8. The normalized spacial score (nSPS) is 11.7. The highest BCUT2D eigenvalue weighted by Gasteiger charge is 2.05. The van der Waals surface area contributed by atoms with E-state index in [2.05, 4.69) is 16.9 Å². The molecule has 0 saturated heterocycles. The molecule has 86 valence electrons. The molecule has 0 aromatic heterocycles. The molecule has 1 N–H and O–H groups in total. The number of aliphatic imine (C=N–C) groups is 1. The molecule has 16 heavy (non-hydrogen) atoms. The predicted molar refractivity (Wildman–Crippen MR) is 72.4 cm³/mol. The minimum absolute atomic E-state index is 0.182. The first-order valence-electron chi connectivity index (χ1n) is 5.26. The maximum absolute atomic E-state index is 5.90. The summed E-state index contributed by atoms with van der Waals surface area (Å²) >= 11 is 5.90. The molecule has 1 rings (SSSR count). The molecule has 1 aromatic rings. The van der Waals surface area contributed by atoms with Crippen LogP contribution in [0.4, 0.5) is 5.69 Å². The molecule has 2 nitrogen and oxygen atoms in total. The summed E-state index contributed by atoms with van der Waals surface area (Å²) in [5.41, 5.74) is 2.15. The van der Waals surface area contributed by atoms with Crippen molar-refractivity contribution in [3.8, 4) is 0 Å². The Balaban J connectivity index is 2.93. The first-order valence-corrected chi connectivity index (χ1v) is 5.63. The topological polar surface area (TPSA) is 24.4 Å². The van der Waals surface area contributed by atoms with Gasteiger partial charge in [-0.1, -0.05) is 36.4 Å². The van der Waals surface area contributed by atoms with Gasteiger partial charge in [0.1, 0.15) is 5.84 Å². The SMILES string of the molecule is C=C(Cl)C(=NC(C)C)Nc1ccccc1C. The third-order valence-electron chi connectivity index (χ3n) is 2.04.